The van der Waals surface area contributed by atoms with Gasteiger partial charge in [-0.2, -0.15) is 9.71 Å². The molecule has 0 spiro atoms. The standard InChI is InChI=1S/C15H20ClN5O3S/c1-10(20-25(22,23)12-5-3-11(16)4-6-12)15-18-14(19-24-15)13-9-17-7-8-21(13)2/h3-6,10,13,17,20H,7-9H2,1-2H3. The van der Waals surface area contributed by atoms with Gasteiger partial charge in [0.15, 0.2) is 5.82 Å². The molecular formula is C15H20ClN5O3S. The molecule has 0 bridgehead atoms. The molecule has 0 radical (unpaired) electrons. The van der Waals surface area contributed by atoms with Crippen molar-refractivity contribution in [2.24, 2.45) is 0 Å². The predicted octanol–water partition coefficient (Wildman–Crippen LogP) is 1.34. The highest BCUT2D eigenvalue weighted by molar-refractivity contribution is 7.89. The van der Waals surface area contributed by atoms with Crippen molar-refractivity contribution in [2.75, 3.05) is 26.7 Å². The molecule has 3 rings (SSSR count). The minimum atomic E-state index is -3.71. The molecule has 2 unspecified atom stereocenters. The van der Waals surface area contributed by atoms with Gasteiger partial charge < -0.3 is 9.84 Å². The fourth-order valence-electron chi connectivity index (χ4n) is 2.62. The minimum absolute atomic E-state index is 0.00585. The van der Waals surface area contributed by atoms with Crippen LogP contribution in [0.25, 0.3) is 0 Å². The Bertz CT molecular complexity index is 824. The van der Waals surface area contributed by atoms with E-state index in [9.17, 15) is 8.42 Å². The topological polar surface area (TPSA) is 100 Å². The first-order valence-electron chi connectivity index (χ1n) is 7.89. The third-order valence-electron chi connectivity index (χ3n) is 4.09. The molecule has 1 aliphatic rings. The molecule has 25 heavy (non-hydrogen) atoms. The molecular weight excluding hydrogens is 366 g/mol. The number of benzene rings is 1. The lowest BCUT2D eigenvalue weighted by atomic mass is 10.2. The van der Waals surface area contributed by atoms with Crippen LogP contribution in [0.15, 0.2) is 33.7 Å². The second-order valence-corrected chi connectivity index (χ2v) is 8.14. The number of nitrogens with zero attached hydrogens (tertiary/aromatic N) is 3. The lowest BCUT2D eigenvalue weighted by Gasteiger charge is -2.30. The summed E-state index contributed by atoms with van der Waals surface area (Å²) in [5.74, 6) is 0.772. The van der Waals surface area contributed by atoms with Crippen LogP contribution < -0.4 is 10.0 Å². The zero-order valence-electron chi connectivity index (χ0n) is 13.9. The second-order valence-electron chi connectivity index (χ2n) is 5.99. The third kappa shape index (κ3) is 4.18. The summed E-state index contributed by atoms with van der Waals surface area (Å²) in [6.07, 6.45) is 0. The molecule has 0 saturated carbocycles. The van der Waals surface area contributed by atoms with E-state index in [2.05, 4.69) is 25.1 Å². The molecule has 1 aliphatic heterocycles. The van der Waals surface area contributed by atoms with E-state index in [1.165, 1.54) is 24.3 Å². The van der Waals surface area contributed by atoms with Crippen molar-refractivity contribution in [2.45, 2.75) is 23.9 Å². The minimum Gasteiger partial charge on any atom is -0.338 e. The molecule has 1 saturated heterocycles. The van der Waals surface area contributed by atoms with Crippen LogP contribution in [0.2, 0.25) is 5.02 Å². The van der Waals surface area contributed by atoms with Gasteiger partial charge in [0, 0.05) is 24.7 Å². The second kappa shape index (κ2) is 7.38. The van der Waals surface area contributed by atoms with Crippen LogP contribution in [0.5, 0.6) is 0 Å². The Morgan fingerprint density at radius 1 is 1.40 bits per heavy atom. The van der Waals surface area contributed by atoms with Gasteiger partial charge in [-0.05, 0) is 38.2 Å². The number of aromatic nitrogens is 2. The molecule has 0 aliphatic carbocycles. The number of likely N-dealkylation sites (N-methyl/N-ethyl adjacent to an activating group) is 1. The number of sulfonamides is 1. The molecule has 10 heteroatoms. The van der Waals surface area contributed by atoms with Crippen molar-refractivity contribution >= 4 is 21.6 Å². The molecule has 2 heterocycles. The molecule has 1 aromatic heterocycles. The van der Waals surface area contributed by atoms with Gasteiger partial charge in [-0.25, -0.2) is 8.42 Å². The van der Waals surface area contributed by atoms with Crippen LogP contribution in [0.1, 0.15) is 30.7 Å². The molecule has 2 N–H and O–H groups in total. The van der Waals surface area contributed by atoms with Gasteiger partial charge in [0.05, 0.1) is 17.0 Å². The molecule has 1 fully saturated rings. The third-order valence-corrected chi connectivity index (χ3v) is 5.90. The van der Waals surface area contributed by atoms with Gasteiger partial charge in [0.1, 0.15) is 0 Å². The van der Waals surface area contributed by atoms with E-state index in [1.807, 2.05) is 7.05 Å². The highest BCUT2D eigenvalue weighted by Crippen LogP contribution is 2.21. The van der Waals surface area contributed by atoms with Gasteiger partial charge in [0.25, 0.3) is 0 Å². The van der Waals surface area contributed by atoms with Crippen molar-refractivity contribution in [1.82, 2.24) is 25.1 Å². The Morgan fingerprint density at radius 3 is 2.80 bits per heavy atom. The van der Waals surface area contributed by atoms with E-state index in [0.717, 1.165) is 19.6 Å². The van der Waals surface area contributed by atoms with E-state index in [1.54, 1.807) is 6.92 Å². The zero-order chi connectivity index (χ0) is 18.0. The number of halogens is 1. The predicted molar refractivity (Wildman–Crippen MR) is 92.7 cm³/mol. The maximum Gasteiger partial charge on any atom is 0.244 e. The quantitative estimate of drug-likeness (QED) is 0.800. The number of rotatable bonds is 5. The summed E-state index contributed by atoms with van der Waals surface area (Å²) in [7, 11) is -1.72. The van der Waals surface area contributed by atoms with Crippen LogP contribution in [0.4, 0.5) is 0 Å². The van der Waals surface area contributed by atoms with Crippen molar-refractivity contribution < 1.29 is 12.9 Å². The molecule has 8 nitrogen and oxygen atoms in total. The van der Waals surface area contributed by atoms with Gasteiger partial charge in [-0.15, -0.1) is 0 Å². The Balaban J connectivity index is 1.73. The van der Waals surface area contributed by atoms with E-state index in [4.69, 9.17) is 16.1 Å². The average molecular weight is 386 g/mol. The summed E-state index contributed by atoms with van der Waals surface area (Å²) in [5.41, 5.74) is 0. The van der Waals surface area contributed by atoms with E-state index < -0.39 is 16.1 Å². The van der Waals surface area contributed by atoms with Crippen molar-refractivity contribution in [3.8, 4) is 0 Å². The Hall–Kier alpha value is -1.52. The Labute approximate surface area is 151 Å². The average Bonchev–Trinajstić information content (AvgIpc) is 3.05. The fourth-order valence-corrected chi connectivity index (χ4v) is 3.94. The van der Waals surface area contributed by atoms with Gasteiger partial charge in [0.2, 0.25) is 15.9 Å². The van der Waals surface area contributed by atoms with Gasteiger partial charge in [-0.3, -0.25) is 4.90 Å². The summed E-state index contributed by atoms with van der Waals surface area (Å²) in [6.45, 7) is 4.18. The van der Waals surface area contributed by atoms with Crippen molar-refractivity contribution in [3.05, 3.63) is 41.0 Å². The van der Waals surface area contributed by atoms with E-state index in [0.29, 0.717) is 10.8 Å². The lowest BCUT2D eigenvalue weighted by Crippen LogP contribution is -2.44. The van der Waals surface area contributed by atoms with E-state index in [-0.39, 0.29) is 16.8 Å². The first-order chi connectivity index (χ1) is 11.9. The van der Waals surface area contributed by atoms with Crippen LogP contribution in [-0.4, -0.2) is 50.1 Å². The monoisotopic (exact) mass is 385 g/mol. The molecule has 2 atom stereocenters. The normalized spacial score (nSPS) is 20.5. The Kier molecular flexibility index (Phi) is 5.40. The fraction of sp³-hybridized carbons (Fsp3) is 0.467. The van der Waals surface area contributed by atoms with Crippen LogP contribution in [-0.2, 0) is 10.0 Å². The van der Waals surface area contributed by atoms with Gasteiger partial charge >= 0.3 is 0 Å². The Morgan fingerprint density at radius 2 is 2.12 bits per heavy atom. The first kappa shape index (κ1) is 18.3. The van der Waals surface area contributed by atoms with Crippen molar-refractivity contribution in [3.63, 3.8) is 0 Å². The number of hydrogen-bond acceptors (Lipinski definition) is 7. The number of nitrogens with one attached hydrogen (secondary N) is 2. The van der Waals surface area contributed by atoms with E-state index >= 15 is 0 Å². The SMILES string of the molecule is CC(NS(=O)(=O)c1ccc(Cl)cc1)c1nc(C2CNCCN2C)no1. The maximum atomic E-state index is 12.4. The molecule has 2 aromatic rings. The molecule has 1 aromatic carbocycles. The van der Waals surface area contributed by atoms with Crippen LogP contribution in [0, 0.1) is 0 Å². The highest BCUT2D eigenvalue weighted by Gasteiger charge is 2.28. The molecule has 0 amide bonds. The largest absolute Gasteiger partial charge is 0.338 e. The summed E-state index contributed by atoms with van der Waals surface area (Å²) < 4.78 is 32.7. The summed E-state index contributed by atoms with van der Waals surface area (Å²) in [5, 5.41) is 7.76. The number of hydrogen-bond donors (Lipinski definition) is 2. The first-order valence-corrected chi connectivity index (χ1v) is 9.75. The van der Waals surface area contributed by atoms with Gasteiger partial charge in [-0.1, -0.05) is 16.8 Å². The summed E-state index contributed by atoms with van der Waals surface area (Å²) >= 11 is 5.79. The highest BCUT2D eigenvalue weighted by atomic mass is 35.5. The van der Waals surface area contributed by atoms with Crippen molar-refractivity contribution in [1.29, 1.82) is 0 Å². The summed E-state index contributed by atoms with van der Waals surface area (Å²) in [6, 6.07) is 5.29. The van der Waals surface area contributed by atoms with Crippen LogP contribution >= 0.6 is 11.6 Å². The maximum absolute atomic E-state index is 12.4. The zero-order valence-corrected chi connectivity index (χ0v) is 15.5. The number of piperazine rings is 1. The molecule has 136 valence electrons. The smallest absolute Gasteiger partial charge is 0.244 e. The summed E-state index contributed by atoms with van der Waals surface area (Å²) in [4.78, 5) is 6.63. The lowest BCUT2D eigenvalue weighted by molar-refractivity contribution is 0.190. The van der Waals surface area contributed by atoms with Crippen LogP contribution in [0.3, 0.4) is 0 Å².